The number of unbranched alkanes of at least 4 members (excludes halogenated alkanes) is 1. The molecule has 126 valence electrons. The van der Waals surface area contributed by atoms with Crippen molar-refractivity contribution in [1.29, 1.82) is 0 Å². The first-order valence-electron chi connectivity index (χ1n) is 8.74. The molecule has 0 radical (unpaired) electrons. The van der Waals surface area contributed by atoms with Gasteiger partial charge in [0.15, 0.2) is 11.6 Å². The van der Waals surface area contributed by atoms with Crippen molar-refractivity contribution in [1.82, 2.24) is 24.7 Å². The van der Waals surface area contributed by atoms with E-state index >= 15 is 0 Å². The monoisotopic (exact) mass is 325 g/mol. The predicted molar refractivity (Wildman–Crippen MR) is 92.9 cm³/mol. The molecule has 1 aromatic carbocycles. The van der Waals surface area contributed by atoms with Crippen molar-refractivity contribution in [3.8, 4) is 11.4 Å². The summed E-state index contributed by atoms with van der Waals surface area (Å²) in [6.45, 7) is 6.61. The first kappa shape index (κ1) is 15.3. The normalized spacial score (nSPS) is 17.8. The van der Waals surface area contributed by atoms with Gasteiger partial charge in [0, 0.05) is 24.6 Å². The summed E-state index contributed by atoms with van der Waals surface area (Å²) in [5.41, 5.74) is 3.11. The van der Waals surface area contributed by atoms with E-state index in [4.69, 9.17) is 14.8 Å². The number of aryl methyl sites for hydroxylation is 2. The average molecular weight is 325 g/mol. The Morgan fingerprint density at radius 2 is 2.25 bits per heavy atom. The fraction of sp³-hybridized carbons (Fsp3) is 0.500. The molecule has 3 heterocycles. The highest BCUT2D eigenvalue weighted by Gasteiger charge is 2.24. The van der Waals surface area contributed by atoms with E-state index in [1.54, 1.807) is 0 Å². The lowest BCUT2D eigenvalue weighted by Crippen LogP contribution is -2.04. The van der Waals surface area contributed by atoms with E-state index in [1.807, 2.05) is 13.0 Å². The highest BCUT2D eigenvalue weighted by Crippen LogP contribution is 2.27. The van der Waals surface area contributed by atoms with Crippen LogP contribution in [-0.2, 0) is 11.3 Å². The number of ether oxygens (including phenoxy) is 1. The fourth-order valence-electron chi connectivity index (χ4n) is 3.22. The van der Waals surface area contributed by atoms with E-state index in [2.05, 4.69) is 33.7 Å². The Balaban J connectivity index is 1.75. The van der Waals surface area contributed by atoms with Crippen LogP contribution in [0.1, 0.15) is 43.8 Å². The number of aromatic amines is 1. The Morgan fingerprint density at radius 3 is 3.04 bits per heavy atom. The standard InChI is InChI=1S/C18H23N5O/c1-3-4-8-23-18(21-17(22-23)14-7-9-24-11-14)13-5-6-15-16(10-13)20-12(2)19-15/h5-6,10,14H,3-4,7-9,11H2,1-2H3,(H,19,20). The van der Waals surface area contributed by atoms with E-state index in [-0.39, 0.29) is 0 Å². The van der Waals surface area contributed by atoms with E-state index in [1.165, 1.54) is 0 Å². The molecule has 3 aromatic rings. The van der Waals surface area contributed by atoms with Crippen molar-refractivity contribution in [2.75, 3.05) is 13.2 Å². The zero-order valence-corrected chi connectivity index (χ0v) is 14.2. The highest BCUT2D eigenvalue weighted by atomic mass is 16.5. The van der Waals surface area contributed by atoms with Crippen molar-refractivity contribution in [3.63, 3.8) is 0 Å². The lowest BCUT2D eigenvalue weighted by atomic mass is 10.1. The molecule has 0 saturated carbocycles. The molecule has 6 nitrogen and oxygen atoms in total. The number of benzene rings is 1. The average Bonchev–Trinajstić information content (AvgIpc) is 3.30. The van der Waals surface area contributed by atoms with Gasteiger partial charge >= 0.3 is 0 Å². The smallest absolute Gasteiger partial charge is 0.158 e. The third-order valence-electron chi connectivity index (χ3n) is 4.56. The number of rotatable bonds is 5. The third kappa shape index (κ3) is 2.82. The Bertz CT molecular complexity index is 844. The number of nitrogens with zero attached hydrogens (tertiary/aromatic N) is 4. The Labute approximate surface area is 141 Å². The maximum atomic E-state index is 5.51. The van der Waals surface area contributed by atoms with Crippen molar-refractivity contribution in [3.05, 3.63) is 29.8 Å². The molecule has 1 aliphatic heterocycles. The van der Waals surface area contributed by atoms with Gasteiger partial charge in [0.2, 0.25) is 0 Å². The van der Waals surface area contributed by atoms with E-state index < -0.39 is 0 Å². The molecule has 1 saturated heterocycles. The van der Waals surface area contributed by atoms with Gasteiger partial charge in [0.1, 0.15) is 5.82 Å². The molecular weight excluding hydrogens is 302 g/mol. The Kier molecular flexibility index (Phi) is 4.06. The second kappa shape index (κ2) is 6.36. The summed E-state index contributed by atoms with van der Waals surface area (Å²) in [6.07, 6.45) is 3.25. The largest absolute Gasteiger partial charge is 0.381 e. The SMILES string of the molecule is CCCCn1nc(C2CCOC2)nc1-c1ccc2nc(C)[nH]c2c1. The third-order valence-corrected chi connectivity index (χ3v) is 4.56. The molecule has 6 heteroatoms. The van der Waals surface area contributed by atoms with E-state index in [0.29, 0.717) is 5.92 Å². The van der Waals surface area contributed by atoms with Crippen LogP contribution in [0.3, 0.4) is 0 Å². The summed E-state index contributed by atoms with van der Waals surface area (Å²) in [5.74, 6) is 3.11. The van der Waals surface area contributed by atoms with Gasteiger partial charge in [-0.2, -0.15) is 5.10 Å². The summed E-state index contributed by atoms with van der Waals surface area (Å²) in [6, 6.07) is 6.26. The maximum Gasteiger partial charge on any atom is 0.158 e. The minimum Gasteiger partial charge on any atom is -0.381 e. The predicted octanol–water partition coefficient (Wildman–Crippen LogP) is 3.43. The topological polar surface area (TPSA) is 68.6 Å². The number of H-pyrrole nitrogens is 1. The maximum absolute atomic E-state index is 5.51. The molecule has 4 rings (SSSR count). The lowest BCUT2D eigenvalue weighted by Gasteiger charge is -2.05. The summed E-state index contributed by atoms with van der Waals surface area (Å²) in [7, 11) is 0. The molecule has 1 aliphatic rings. The van der Waals surface area contributed by atoms with Gasteiger partial charge in [0.25, 0.3) is 0 Å². The number of imidazole rings is 1. The van der Waals surface area contributed by atoms with Crippen molar-refractivity contribution < 1.29 is 4.74 Å². The molecule has 1 unspecified atom stereocenters. The summed E-state index contributed by atoms with van der Waals surface area (Å²) >= 11 is 0. The molecule has 1 N–H and O–H groups in total. The fourth-order valence-corrected chi connectivity index (χ4v) is 3.22. The van der Waals surface area contributed by atoms with Crippen LogP contribution in [-0.4, -0.2) is 37.9 Å². The molecule has 0 bridgehead atoms. The molecule has 0 spiro atoms. The quantitative estimate of drug-likeness (QED) is 0.780. The second-order valence-corrected chi connectivity index (χ2v) is 6.48. The number of hydrogen-bond acceptors (Lipinski definition) is 4. The van der Waals surface area contributed by atoms with Crippen LogP contribution in [0.15, 0.2) is 18.2 Å². The van der Waals surface area contributed by atoms with Crippen LogP contribution in [0.4, 0.5) is 0 Å². The minimum absolute atomic E-state index is 0.324. The molecule has 0 amide bonds. The van der Waals surface area contributed by atoms with Crippen LogP contribution in [0.25, 0.3) is 22.4 Å². The molecule has 24 heavy (non-hydrogen) atoms. The van der Waals surface area contributed by atoms with Gasteiger partial charge in [-0.15, -0.1) is 0 Å². The summed E-state index contributed by atoms with van der Waals surface area (Å²) in [4.78, 5) is 12.6. The number of hydrogen-bond donors (Lipinski definition) is 1. The van der Waals surface area contributed by atoms with Gasteiger partial charge < -0.3 is 9.72 Å². The van der Waals surface area contributed by atoms with Crippen molar-refractivity contribution in [2.24, 2.45) is 0 Å². The number of aromatic nitrogens is 5. The molecule has 2 aromatic heterocycles. The summed E-state index contributed by atoms with van der Waals surface area (Å²) in [5, 5.41) is 4.79. The minimum atomic E-state index is 0.324. The Hall–Kier alpha value is -2.21. The number of nitrogens with one attached hydrogen (secondary N) is 1. The molecule has 1 fully saturated rings. The number of fused-ring (bicyclic) bond motifs is 1. The molecular formula is C18H23N5O. The van der Waals surface area contributed by atoms with Gasteiger partial charge in [-0.1, -0.05) is 13.3 Å². The van der Waals surface area contributed by atoms with Gasteiger partial charge in [-0.3, -0.25) is 0 Å². The van der Waals surface area contributed by atoms with Crippen LogP contribution in [0.5, 0.6) is 0 Å². The molecule has 1 atom stereocenters. The Morgan fingerprint density at radius 1 is 1.33 bits per heavy atom. The zero-order valence-electron chi connectivity index (χ0n) is 14.2. The first-order chi connectivity index (χ1) is 11.7. The van der Waals surface area contributed by atoms with Gasteiger partial charge in [0.05, 0.1) is 17.6 Å². The van der Waals surface area contributed by atoms with Crippen LogP contribution in [0.2, 0.25) is 0 Å². The molecule has 0 aliphatic carbocycles. The first-order valence-corrected chi connectivity index (χ1v) is 8.74. The van der Waals surface area contributed by atoms with Crippen molar-refractivity contribution in [2.45, 2.75) is 45.6 Å². The van der Waals surface area contributed by atoms with E-state index in [9.17, 15) is 0 Å². The van der Waals surface area contributed by atoms with Gasteiger partial charge in [-0.05, 0) is 38.0 Å². The van der Waals surface area contributed by atoms with Crippen LogP contribution >= 0.6 is 0 Å². The van der Waals surface area contributed by atoms with E-state index in [0.717, 1.165) is 73.1 Å². The summed E-state index contributed by atoms with van der Waals surface area (Å²) < 4.78 is 7.56. The van der Waals surface area contributed by atoms with Gasteiger partial charge in [-0.25, -0.2) is 14.6 Å². The second-order valence-electron chi connectivity index (χ2n) is 6.48. The lowest BCUT2D eigenvalue weighted by molar-refractivity contribution is 0.193. The van der Waals surface area contributed by atoms with Crippen molar-refractivity contribution >= 4 is 11.0 Å². The van der Waals surface area contributed by atoms with Crippen LogP contribution < -0.4 is 0 Å². The highest BCUT2D eigenvalue weighted by molar-refractivity contribution is 5.80. The van der Waals surface area contributed by atoms with Crippen LogP contribution in [0, 0.1) is 6.92 Å². The zero-order chi connectivity index (χ0) is 16.5.